The Hall–Kier alpha value is -0.410. The number of nitrogens with zero attached hydrogens (tertiary/aromatic N) is 1. The van der Waals surface area contributed by atoms with Crippen molar-refractivity contribution < 1.29 is 9.90 Å². The van der Waals surface area contributed by atoms with Gasteiger partial charge in [-0.3, -0.25) is 9.69 Å². The highest BCUT2D eigenvalue weighted by molar-refractivity contribution is 5.82. The zero-order chi connectivity index (χ0) is 14.8. The van der Waals surface area contributed by atoms with Crippen molar-refractivity contribution in [3.63, 3.8) is 0 Å². The second kappa shape index (κ2) is 5.92. The second-order valence-electron chi connectivity index (χ2n) is 7.85. The third kappa shape index (κ3) is 4.28. The summed E-state index contributed by atoms with van der Waals surface area (Å²) in [5.74, 6) is 1.16. The van der Waals surface area contributed by atoms with Crippen LogP contribution in [0.5, 0.6) is 0 Å². The quantitative estimate of drug-likeness (QED) is 0.853. The Morgan fingerprint density at radius 1 is 1.26 bits per heavy atom. The van der Waals surface area contributed by atoms with E-state index >= 15 is 0 Å². The molecule has 0 aliphatic heterocycles. The first kappa shape index (κ1) is 16.6. The van der Waals surface area contributed by atoms with E-state index in [1.807, 2.05) is 20.9 Å². The molecule has 112 valence electrons. The number of rotatable bonds is 4. The van der Waals surface area contributed by atoms with Gasteiger partial charge in [0, 0.05) is 24.4 Å². The lowest BCUT2D eigenvalue weighted by Crippen LogP contribution is -2.48. The van der Waals surface area contributed by atoms with Crippen molar-refractivity contribution in [2.24, 2.45) is 17.3 Å². The zero-order valence-corrected chi connectivity index (χ0v) is 13.5. The predicted octanol–water partition coefficient (Wildman–Crippen LogP) is 2.72. The lowest BCUT2D eigenvalue weighted by atomic mass is 9.68. The van der Waals surface area contributed by atoms with Crippen LogP contribution in [-0.2, 0) is 4.79 Å². The van der Waals surface area contributed by atoms with Gasteiger partial charge in [0.25, 0.3) is 0 Å². The van der Waals surface area contributed by atoms with Crippen LogP contribution in [0.4, 0.5) is 0 Å². The van der Waals surface area contributed by atoms with Gasteiger partial charge in [0.05, 0.1) is 6.61 Å². The van der Waals surface area contributed by atoms with Crippen molar-refractivity contribution in [3.05, 3.63) is 0 Å². The molecule has 19 heavy (non-hydrogen) atoms. The van der Waals surface area contributed by atoms with E-state index in [-0.39, 0.29) is 23.5 Å². The maximum absolute atomic E-state index is 12.1. The molecule has 0 amide bonds. The molecule has 1 fully saturated rings. The molecule has 1 aliphatic carbocycles. The zero-order valence-electron chi connectivity index (χ0n) is 13.5. The van der Waals surface area contributed by atoms with Gasteiger partial charge in [0.2, 0.25) is 0 Å². The predicted molar refractivity (Wildman–Crippen MR) is 79.1 cm³/mol. The maximum Gasteiger partial charge on any atom is 0.137 e. The number of aliphatic hydroxyl groups is 1. The molecule has 0 spiro atoms. The fourth-order valence-corrected chi connectivity index (χ4v) is 2.77. The third-order valence-electron chi connectivity index (χ3n) is 4.90. The van der Waals surface area contributed by atoms with Crippen LogP contribution in [0, 0.1) is 17.3 Å². The molecule has 1 N–H and O–H groups in total. The van der Waals surface area contributed by atoms with Gasteiger partial charge in [-0.1, -0.05) is 20.8 Å². The molecule has 0 heterocycles. The molecule has 0 aromatic heterocycles. The number of Topliss-reactive ketones (excluding diaryl/α,β-unsaturated/α-hetero) is 1. The molecular formula is C16H31NO2. The molecule has 1 aliphatic rings. The van der Waals surface area contributed by atoms with Gasteiger partial charge in [0.1, 0.15) is 5.78 Å². The van der Waals surface area contributed by atoms with Gasteiger partial charge in [-0.25, -0.2) is 0 Å². The van der Waals surface area contributed by atoms with Crippen molar-refractivity contribution in [2.75, 3.05) is 20.2 Å². The number of carbonyl (C=O) groups excluding carboxylic acids is 1. The van der Waals surface area contributed by atoms with E-state index in [2.05, 4.69) is 25.7 Å². The molecule has 0 aromatic carbocycles. The van der Waals surface area contributed by atoms with E-state index in [9.17, 15) is 9.90 Å². The molecule has 0 bridgehead atoms. The van der Waals surface area contributed by atoms with E-state index in [4.69, 9.17) is 0 Å². The number of aliphatic hydroxyl groups excluding tert-OH is 1. The topological polar surface area (TPSA) is 40.5 Å². The van der Waals surface area contributed by atoms with Crippen LogP contribution in [0.1, 0.15) is 53.9 Å². The smallest absolute Gasteiger partial charge is 0.137 e. The van der Waals surface area contributed by atoms with E-state index in [0.717, 1.165) is 25.8 Å². The average Bonchev–Trinajstić information content (AvgIpc) is 2.30. The highest BCUT2D eigenvalue weighted by atomic mass is 16.3. The maximum atomic E-state index is 12.1. The molecule has 2 unspecified atom stereocenters. The Labute approximate surface area is 118 Å². The molecule has 1 saturated carbocycles. The highest BCUT2D eigenvalue weighted by Gasteiger charge is 2.36. The minimum atomic E-state index is -0.255. The number of likely N-dealkylation sites (N-methyl/N-ethyl adjacent to an activating group) is 1. The largest absolute Gasteiger partial charge is 0.394 e. The fraction of sp³-hybridized carbons (Fsp3) is 0.938. The van der Waals surface area contributed by atoms with Gasteiger partial charge in [-0.15, -0.1) is 0 Å². The Morgan fingerprint density at radius 2 is 1.84 bits per heavy atom. The number of ketones is 1. The van der Waals surface area contributed by atoms with Gasteiger partial charge < -0.3 is 5.11 Å². The number of hydrogen-bond donors (Lipinski definition) is 1. The number of hydrogen-bond acceptors (Lipinski definition) is 3. The summed E-state index contributed by atoms with van der Waals surface area (Å²) in [5, 5.41) is 9.41. The molecule has 0 radical (unpaired) electrons. The van der Waals surface area contributed by atoms with E-state index < -0.39 is 0 Å². The summed E-state index contributed by atoms with van der Waals surface area (Å²) in [7, 11) is 2.00. The van der Waals surface area contributed by atoms with Crippen molar-refractivity contribution in [1.82, 2.24) is 4.90 Å². The van der Waals surface area contributed by atoms with Crippen LogP contribution in [-0.4, -0.2) is 41.5 Å². The van der Waals surface area contributed by atoms with Crippen LogP contribution in [0.15, 0.2) is 0 Å². The molecule has 2 atom stereocenters. The van der Waals surface area contributed by atoms with Gasteiger partial charge in [-0.05, 0) is 45.1 Å². The molecule has 0 aromatic rings. The molecule has 0 saturated heterocycles. The SMILES string of the molecule is CN(CC1CC(C(C)(C)C)CCC1=O)C(C)(C)CO. The summed E-state index contributed by atoms with van der Waals surface area (Å²) in [4.78, 5) is 14.3. The summed E-state index contributed by atoms with van der Waals surface area (Å²) >= 11 is 0. The summed E-state index contributed by atoms with van der Waals surface area (Å²) in [5.41, 5.74) is 0.0268. The second-order valence-corrected chi connectivity index (χ2v) is 7.85. The fourth-order valence-electron chi connectivity index (χ4n) is 2.77. The van der Waals surface area contributed by atoms with Gasteiger partial charge in [0.15, 0.2) is 0 Å². The van der Waals surface area contributed by atoms with Gasteiger partial charge in [-0.2, -0.15) is 0 Å². The minimum absolute atomic E-state index is 0.118. The minimum Gasteiger partial charge on any atom is -0.394 e. The summed E-state index contributed by atoms with van der Waals surface area (Å²) < 4.78 is 0. The van der Waals surface area contributed by atoms with E-state index in [1.54, 1.807) is 0 Å². The van der Waals surface area contributed by atoms with Crippen molar-refractivity contribution in [1.29, 1.82) is 0 Å². The van der Waals surface area contributed by atoms with Crippen LogP contribution in [0.2, 0.25) is 0 Å². The van der Waals surface area contributed by atoms with E-state index in [1.165, 1.54) is 0 Å². The van der Waals surface area contributed by atoms with Crippen LogP contribution in [0.25, 0.3) is 0 Å². The average molecular weight is 269 g/mol. The number of carbonyl (C=O) groups is 1. The Bertz CT molecular complexity index is 317. The Balaban J connectivity index is 2.68. The van der Waals surface area contributed by atoms with Crippen LogP contribution >= 0.6 is 0 Å². The van der Waals surface area contributed by atoms with E-state index in [0.29, 0.717) is 11.7 Å². The summed E-state index contributed by atoms with van der Waals surface area (Å²) in [6.07, 6.45) is 2.75. The highest BCUT2D eigenvalue weighted by Crippen LogP contribution is 2.39. The lowest BCUT2D eigenvalue weighted by Gasteiger charge is -2.41. The van der Waals surface area contributed by atoms with Crippen molar-refractivity contribution in [2.45, 2.75) is 59.4 Å². The van der Waals surface area contributed by atoms with Crippen molar-refractivity contribution in [3.8, 4) is 0 Å². The van der Waals surface area contributed by atoms with Crippen LogP contribution < -0.4 is 0 Å². The summed E-state index contributed by atoms with van der Waals surface area (Å²) in [6, 6.07) is 0. The van der Waals surface area contributed by atoms with Crippen molar-refractivity contribution >= 4 is 5.78 Å². The van der Waals surface area contributed by atoms with Crippen LogP contribution in [0.3, 0.4) is 0 Å². The first-order valence-corrected chi connectivity index (χ1v) is 7.42. The van der Waals surface area contributed by atoms with Gasteiger partial charge >= 0.3 is 0 Å². The Kier molecular flexibility index (Phi) is 5.19. The standard InChI is InChI=1S/C16H31NO2/c1-15(2,3)13-7-8-14(19)12(9-13)10-17(6)16(4,5)11-18/h12-13,18H,7-11H2,1-6H3. The normalized spacial score (nSPS) is 26.0. The first-order chi connectivity index (χ1) is 8.58. The first-order valence-electron chi connectivity index (χ1n) is 7.42. The molecular weight excluding hydrogens is 238 g/mol. The molecule has 3 heteroatoms. The third-order valence-corrected chi connectivity index (χ3v) is 4.90. The Morgan fingerprint density at radius 3 is 2.32 bits per heavy atom. The lowest BCUT2D eigenvalue weighted by molar-refractivity contribution is -0.127. The molecule has 3 nitrogen and oxygen atoms in total. The molecule has 1 rings (SSSR count). The summed E-state index contributed by atoms with van der Waals surface area (Å²) in [6.45, 7) is 11.7. The monoisotopic (exact) mass is 269 g/mol.